The molecule has 0 aliphatic heterocycles. The van der Waals surface area contributed by atoms with Gasteiger partial charge in [0.25, 0.3) is 11.8 Å². The Hall–Kier alpha value is -6.09. The lowest BCUT2D eigenvalue weighted by Crippen LogP contribution is -2.60. The summed E-state index contributed by atoms with van der Waals surface area (Å²) in [6.07, 6.45) is -1.01. The number of ether oxygens (including phenoxy) is 1. The Morgan fingerprint density at radius 2 is 1.48 bits per heavy atom. The number of Topliss-reactive ketones (excluding diaryl/α,β-unsaturated/α-hetero) is 1. The molecule has 1 saturated carbocycles. The number of carbonyl (C=O) groups is 6. The van der Waals surface area contributed by atoms with E-state index in [9.17, 15) is 50.7 Å². The number of nitrogens with zero attached hydrogens (tertiary/aromatic N) is 5. The largest absolute Gasteiger partial charge is 0.497 e. The molecule has 64 heavy (non-hydrogen) atoms. The highest BCUT2D eigenvalue weighted by Crippen LogP contribution is 2.31. The molecule has 5 N–H and O–H groups in total. The van der Waals surface area contributed by atoms with Crippen molar-refractivity contribution in [1.29, 1.82) is 0 Å². The summed E-state index contributed by atoms with van der Waals surface area (Å²) in [5.74, 6) is -8.53. The van der Waals surface area contributed by atoms with Crippen molar-refractivity contribution in [1.82, 2.24) is 51.3 Å². The van der Waals surface area contributed by atoms with Crippen molar-refractivity contribution in [3.63, 3.8) is 0 Å². The summed E-state index contributed by atoms with van der Waals surface area (Å²) in [6.45, 7) is 6.33. The number of rotatable bonds is 22. The van der Waals surface area contributed by atoms with Crippen molar-refractivity contribution in [3.05, 3.63) is 60.2 Å². The average molecular weight is 907 g/mol. The molecule has 0 radical (unpaired) electrons. The molecule has 5 amide bonds. The van der Waals surface area contributed by atoms with Crippen LogP contribution in [0.2, 0.25) is 0 Å². The predicted octanol–water partition coefficient (Wildman–Crippen LogP) is 4.24. The second-order valence-electron chi connectivity index (χ2n) is 16.1. The predicted molar refractivity (Wildman–Crippen MR) is 220 cm³/mol. The van der Waals surface area contributed by atoms with Gasteiger partial charge in [-0.25, -0.2) is 13.8 Å². The van der Waals surface area contributed by atoms with Gasteiger partial charge in [-0.3, -0.25) is 38.3 Å². The summed E-state index contributed by atoms with van der Waals surface area (Å²) in [4.78, 5) is 89.4. The molecule has 0 unspecified atom stereocenters. The van der Waals surface area contributed by atoms with Crippen LogP contribution in [-0.2, 0) is 36.7 Å². The van der Waals surface area contributed by atoms with Gasteiger partial charge in [-0.05, 0) is 54.9 Å². The van der Waals surface area contributed by atoms with E-state index in [2.05, 4.69) is 46.7 Å². The SMILES string of the molecule is CC[C@H](C)[C@H](NC(=O)[C@H](CC(C)C)NC(=O)c1cnccn1)C(=O)N[C@@H](CC1CCCCC1)C(=O)N[C@@H](CC(F)F)C(=O)C(=O)NCc1nnc(C(F)(F)F)n1-c1ccc(OC)cc1. The smallest absolute Gasteiger partial charge is 0.452 e. The molecule has 17 nitrogen and oxygen atoms in total. The lowest BCUT2D eigenvalue weighted by Gasteiger charge is -2.31. The molecule has 5 atom stereocenters. The fraction of sp³-hybridized carbons (Fsp3) is 0.571. The maximum atomic E-state index is 14.1. The summed E-state index contributed by atoms with van der Waals surface area (Å²) in [5, 5.41) is 19.1. The van der Waals surface area contributed by atoms with Crippen LogP contribution in [0, 0.1) is 17.8 Å². The van der Waals surface area contributed by atoms with Gasteiger partial charge in [0, 0.05) is 24.5 Å². The van der Waals surface area contributed by atoms with Crippen molar-refractivity contribution >= 4 is 35.3 Å². The van der Waals surface area contributed by atoms with Crippen LogP contribution in [0.1, 0.15) is 108 Å². The van der Waals surface area contributed by atoms with E-state index in [-0.39, 0.29) is 36.1 Å². The first-order valence-electron chi connectivity index (χ1n) is 21.1. The number of aromatic nitrogens is 5. The molecule has 3 aromatic rings. The molecule has 1 aliphatic rings. The number of alkyl halides is 5. The Bertz CT molecular complexity index is 2050. The van der Waals surface area contributed by atoms with Crippen molar-refractivity contribution < 1.29 is 55.5 Å². The molecule has 22 heteroatoms. The van der Waals surface area contributed by atoms with Crippen LogP contribution in [0.4, 0.5) is 22.0 Å². The maximum absolute atomic E-state index is 14.1. The van der Waals surface area contributed by atoms with E-state index >= 15 is 0 Å². The van der Waals surface area contributed by atoms with Gasteiger partial charge >= 0.3 is 6.18 Å². The third-order valence-corrected chi connectivity index (χ3v) is 10.8. The van der Waals surface area contributed by atoms with Crippen molar-refractivity contribution in [2.24, 2.45) is 17.8 Å². The molecule has 0 saturated heterocycles. The topological polar surface area (TPSA) is 228 Å². The number of nitrogens with one attached hydrogen (secondary N) is 5. The van der Waals surface area contributed by atoms with Gasteiger partial charge < -0.3 is 31.3 Å². The number of halogens is 5. The molecule has 0 spiro atoms. The first kappa shape index (κ1) is 50.6. The van der Waals surface area contributed by atoms with E-state index in [0.717, 1.165) is 19.3 Å². The third kappa shape index (κ3) is 14.5. The minimum absolute atomic E-state index is 0.0350. The molecule has 1 fully saturated rings. The summed E-state index contributed by atoms with van der Waals surface area (Å²) in [7, 11) is 1.36. The highest BCUT2D eigenvalue weighted by atomic mass is 19.4. The minimum atomic E-state index is -4.99. The number of benzene rings is 1. The zero-order valence-electron chi connectivity index (χ0n) is 36.2. The van der Waals surface area contributed by atoms with Gasteiger partial charge in [-0.15, -0.1) is 10.2 Å². The number of hydrogen-bond acceptors (Lipinski definition) is 11. The van der Waals surface area contributed by atoms with Crippen LogP contribution in [0.3, 0.4) is 0 Å². The summed E-state index contributed by atoms with van der Waals surface area (Å²) in [6, 6.07) is -0.593. The average Bonchev–Trinajstić information content (AvgIpc) is 3.71. The number of hydrogen-bond donors (Lipinski definition) is 5. The van der Waals surface area contributed by atoms with E-state index in [1.54, 1.807) is 13.8 Å². The molecule has 4 rings (SSSR count). The molecule has 2 aromatic heterocycles. The molecule has 1 aliphatic carbocycles. The molecular weight excluding hydrogens is 852 g/mol. The van der Waals surface area contributed by atoms with E-state index in [1.807, 2.05) is 13.8 Å². The highest BCUT2D eigenvalue weighted by molar-refractivity contribution is 6.38. The van der Waals surface area contributed by atoms with Crippen molar-refractivity contribution in [2.45, 2.75) is 129 Å². The van der Waals surface area contributed by atoms with Gasteiger partial charge in [0.15, 0.2) is 5.82 Å². The second-order valence-corrected chi connectivity index (χ2v) is 16.1. The molecule has 1 aromatic carbocycles. The zero-order valence-corrected chi connectivity index (χ0v) is 36.2. The van der Waals surface area contributed by atoms with Crippen LogP contribution in [-0.4, -0.2) is 97.8 Å². The standard InChI is InChI=1S/C42H55F5N10O7/c1-6-24(4)34(54-37(60)29(18-23(2)3)52-38(61)31-21-48-16-17-49-31)39(62)53-30(19-25-10-8-7-9-11-25)36(59)51-28(20-32(43)44)35(58)40(63)50-22-33-55-56-41(42(45,46)47)57(33)26-12-14-27(64-5)15-13-26/h12-17,21,23-25,28-30,32,34H,6-11,18-20,22H2,1-5H3,(H,50,63)(H,51,59)(H,52,61)(H,53,62)(H,54,60)/t24-,28-,29-,30-,34-/m0/s1. The first-order chi connectivity index (χ1) is 30.3. The van der Waals surface area contributed by atoms with E-state index in [4.69, 9.17) is 4.74 Å². The van der Waals surface area contributed by atoms with E-state index < -0.39 is 103 Å². The Morgan fingerprint density at radius 3 is 2.06 bits per heavy atom. The lowest BCUT2D eigenvalue weighted by atomic mass is 9.84. The molecule has 350 valence electrons. The Balaban J connectivity index is 1.54. The normalized spacial score (nSPS) is 15.6. The minimum Gasteiger partial charge on any atom is -0.497 e. The van der Waals surface area contributed by atoms with Crippen LogP contribution >= 0.6 is 0 Å². The fourth-order valence-electron chi connectivity index (χ4n) is 7.26. The van der Waals surface area contributed by atoms with Gasteiger partial charge in [0.1, 0.15) is 35.6 Å². The second kappa shape index (κ2) is 23.6. The Morgan fingerprint density at radius 1 is 0.828 bits per heavy atom. The number of amides is 5. The quantitative estimate of drug-likeness (QED) is 0.0708. The molecule has 0 bridgehead atoms. The molecular formula is C42H55F5N10O7. The number of ketones is 1. The Kier molecular flexibility index (Phi) is 18.6. The number of carbonyl (C=O) groups excluding carboxylic acids is 6. The third-order valence-electron chi connectivity index (χ3n) is 10.8. The van der Waals surface area contributed by atoms with Crippen molar-refractivity contribution in [2.75, 3.05) is 7.11 Å². The lowest BCUT2D eigenvalue weighted by molar-refractivity contribution is -0.146. The van der Waals surface area contributed by atoms with Crippen LogP contribution in [0.5, 0.6) is 5.75 Å². The first-order valence-corrected chi connectivity index (χ1v) is 21.1. The van der Waals surface area contributed by atoms with Gasteiger partial charge in [-0.2, -0.15) is 13.2 Å². The van der Waals surface area contributed by atoms with E-state index in [1.165, 1.54) is 50.0 Å². The van der Waals surface area contributed by atoms with Gasteiger partial charge in [-0.1, -0.05) is 66.2 Å². The summed E-state index contributed by atoms with van der Waals surface area (Å²) >= 11 is 0. The van der Waals surface area contributed by atoms with Gasteiger partial charge in [0.05, 0.1) is 19.9 Å². The Labute approximate surface area is 366 Å². The monoisotopic (exact) mass is 906 g/mol. The summed E-state index contributed by atoms with van der Waals surface area (Å²) < 4.78 is 75.3. The molecule has 2 heterocycles. The van der Waals surface area contributed by atoms with E-state index in [0.29, 0.717) is 29.6 Å². The van der Waals surface area contributed by atoms with Crippen LogP contribution in [0.25, 0.3) is 5.69 Å². The van der Waals surface area contributed by atoms with Crippen molar-refractivity contribution in [3.8, 4) is 11.4 Å². The fourth-order valence-corrected chi connectivity index (χ4v) is 7.26. The van der Waals surface area contributed by atoms with Crippen LogP contribution in [0.15, 0.2) is 42.9 Å². The van der Waals surface area contributed by atoms with Gasteiger partial charge in [0.2, 0.25) is 35.8 Å². The van der Waals surface area contributed by atoms with Crippen LogP contribution < -0.4 is 31.3 Å². The highest BCUT2D eigenvalue weighted by Gasteiger charge is 2.40. The zero-order chi connectivity index (χ0) is 47.1. The number of methoxy groups -OCH3 is 1. The summed E-state index contributed by atoms with van der Waals surface area (Å²) in [5.41, 5.74) is -0.107. The maximum Gasteiger partial charge on any atom is 0.452 e.